The molecule has 0 saturated heterocycles. The van der Waals surface area contributed by atoms with E-state index in [1.165, 1.54) is 18.6 Å². The Labute approximate surface area is 148 Å². The molecule has 0 heterocycles. The fourth-order valence-electron chi connectivity index (χ4n) is 3.10. The van der Waals surface area contributed by atoms with Gasteiger partial charge >= 0.3 is 6.03 Å². The van der Waals surface area contributed by atoms with Crippen molar-refractivity contribution in [3.63, 3.8) is 0 Å². The van der Waals surface area contributed by atoms with Gasteiger partial charge in [0.2, 0.25) is 5.91 Å². The highest BCUT2D eigenvalue weighted by atomic mass is 19.1. The van der Waals surface area contributed by atoms with Crippen LogP contribution in [0.1, 0.15) is 57.4 Å². The highest BCUT2D eigenvalue weighted by molar-refractivity contribution is 5.87. The minimum absolute atomic E-state index is 0.106. The zero-order valence-electron chi connectivity index (χ0n) is 14.8. The van der Waals surface area contributed by atoms with Crippen molar-refractivity contribution in [2.24, 2.45) is 0 Å². The number of benzene rings is 1. The standard InChI is InChI=1S/C19H28FN3O2/c1-2-6-17(18(24)22-16-7-4-3-5-8-16)23-19(25)21-13-14-9-11-15(20)12-10-14/h9-12,16-17H,2-8,13H2,1H3,(H,22,24)(H2,21,23,25). The molecular weight excluding hydrogens is 321 g/mol. The molecular formula is C19H28FN3O2. The van der Waals surface area contributed by atoms with E-state index in [1.807, 2.05) is 6.92 Å². The van der Waals surface area contributed by atoms with E-state index in [0.717, 1.165) is 37.7 Å². The van der Waals surface area contributed by atoms with Gasteiger partial charge in [-0.15, -0.1) is 0 Å². The molecule has 1 unspecified atom stereocenters. The van der Waals surface area contributed by atoms with Crippen molar-refractivity contribution < 1.29 is 14.0 Å². The van der Waals surface area contributed by atoms with Crippen LogP contribution in [0.2, 0.25) is 0 Å². The lowest BCUT2D eigenvalue weighted by atomic mass is 9.95. The first-order valence-corrected chi connectivity index (χ1v) is 9.17. The minimum atomic E-state index is -0.528. The molecule has 1 saturated carbocycles. The summed E-state index contributed by atoms with van der Waals surface area (Å²) in [5, 5.41) is 8.53. The van der Waals surface area contributed by atoms with Gasteiger partial charge in [0.15, 0.2) is 0 Å². The van der Waals surface area contributed by atoms with Gasteiger partial charge in [0, 0.05) is 12.6 Å². The van der Waals surface area contributed by atoms with Crippen LogP contribution in [0.4, 0.5) is 9.18 Å². The highest BCUT2D eigenvalue weighted by Gasteiger charge is 2.23. The van der Waals surface area contributed by atoms with E-state index < -0.39 is 6.04 Å². The van der Waals surface area contributed by atoms with E-state index >= 15 is 0 Å². The van der Waals surface area contributed by atoms with Crippen LogP contribution in [0.15, 0.2) is 24.3 Å². The largest absolute Gasteiger partial charge is 0.352 e. The first kappa shape index (κ1) is 19.2. The first-order valence-electron chi connectivity index (χ1n) is 9.17. The second-order valence-corrected chi connectivity index (χ2v) is 6.64. The molecule has 1 aliphatic rings. The molecule has 1 aromatic rings. The Kier molecular flexibility index (Phi) is 7.70. The molecule has 3 N–H and O–H groups in total. The van der Waals surface area contributed by atoms with Crippen molar-refractivity contribution >= 4 is 11.9 Å². The molecule has 0 aromatic heterocycles. The summed E-state index contributed by atoms with van der Waals surface area (Å²) in [5.41, 5.74) is 0.801. The number of nitrogens with one attached hydrogen (secondary N) is 3. The number of halogens is 1. The number of hydrogen-bond acceptors (Lipinski definition) is 2. The summed E-state index contributed by atoms with van der Waals surface area (Å²) in [4.78, 5) is 24.5. The van der Waals surface area contributed by atoms with Gasteiger partial charge < -0.3 is 16.0 Å². The molecule has 1 atom stereocenters. The molecule has 1 aliphatic carbocycles. The van der Waals surface area contributed by atoms with Crippen LogP contribution in [-0.2, 0) is 11.3 Å². The third-order valence-corrected chi connectivity index (χ3v) is 4.52. The maximum Gasteiger partial charge on any atom is 0.315 e. The van der Waals surface area contributed by atoms with Crippen molar-refractivity contribution in [3.8, 4) is 0 Å². The predicted molar refractivity (Wildman–Crippen MR) is 95.5 cm³/mol. The second-order valence-electron chi connectivity index (χ2n) is 6.64. The molecule has 3 amide bonds. The van der Waals surface area contributed by atoms with Crippen molar-refractivity contribution in [1.82, 2.24) is 16.0 Å². The average Bonchev–Trinajstić information content (AvgIpc) is 2.62. The van der Waals surface area contributed by atoms with Gasteiger partial charge in [0.05, 0.1) is 0 Å². The smallest absolute Gasteiger partial charge is 0.315 e. The second kappa shape index (κ2) is 10.0. The molecule has 25 heavy (non-hydrogen) atoms. The molecule has 0 bridgehead atoms. The molecule has 5 nitrogen and oxygen atoms in total. The third kappa shape index (κ3) is 6.72. The van der Waals surface area contributed by atoms with E-state index in [2.05, 4.69) is 16.0 Å². The lowest BCUT2D eigenvalue weighted by molar-refractivity contribution is -0.124. The lowest BCUT2D eigenvalue weighted by Gasteiger charge is -2.26. The number of hydrogen-bond donors (Lipinski definition) is 3. The van der Waals surface area contributed by atoms with Crippen molar-refractivity contribution in [3.05, 3.63) is 35.6 Å². The van der Waals surface area contributed by atoms with Crippen LogP contribution < -0.4 is 16.0 Å². The maximum atomic E-state index is 12.9. The van der Waals surface area contributed by atoms with Gasteiger partial charge in [-0.2, -0.15) is 0 Å². The Balaban J connectivity index is 1.80. The fourth-order valence-corrected chi connectivity index (χ4v) is 3.10. The van der Waals surface area contributed by atoms with Gasteiger partial charge in [-0.05, 0) is 37.0 Å². The Morgan fingerprint density at radius 3 is 2.48 bits per heavy atom. The average molecular weight is 349 g/mol. The lowest BCUT2D eigenvalue weighted by Crippen LogP contribution is -2.52. The fraction of sp³-hybridized carbons (Fsp3) is 0.579. The third-order valence-electron chi connectivity index (χ3n) is 4.52. The van der Waals surface area contributed by atoms with E-state index in [1.54, 1.807) is 12.1 Å². The van der Waals surface area contributed by atoms with E-state index in [-0.39, 0.29) is 30.3 Å². The number of amides is 3. The van der Waals surface area contributed by atoms with Gasteiger partial charge in [-0.25, -0.2) is 9.18 Å². The van der Waals surface area contributed by atoms with Crippen molar-refractivity contribution in [1.29, 1.82) is 0 Å². The molecule has 2 rings (SSSR count). The normalized spacial score (nSPS) is 16.1. The maximum absolute atomic E-state index is 12.9. The molecule has 1 fully saturated rings. The molecule has 0 spiro atoms. The summed E-state index contributed by atoms with van der Waals surface area (Å²) >= 11 is 0. The Morgan fingerprint density at radius 1 is 1.16 bits per heavy atom. The highest BCUT2D eigenvalue weighted by Crippen LogP contribution is 2.17. The van der Waals surface area contributed by atoms with E-state index in [0.29, 0.717) is 6.42 Å². The van der Waals surface area contributed by atoms with E-state index in [9.17, 15) is 14.0 Å². The van der Waals surface area contributed by atoms with Crippen molar-refractivity contribution in [2.75, 3.05) is 0 Å². The molecule has 0 aliphatic heterocycles. The molecule has 6 heteroatoms. The van der Waals surface area contributed by atoms with Crippen LogP contribution in [0.5, 0.6) is 0 Å². The SMILES string of the molecule is CCCC(NC(=O)NCc1ccc(F)cc1)C(=O)NC1CCCCC1. The molecule has 1 aromatic carbocycles. The van der Waals surface area contributed by atoms with Gasteiger partial charge in [-0.1, -0.05) is 44.7 Å². The number of carbonyl (C=O) groups excluding carboxylic acids is 2. The zero-order chi connectivity index (χ0) is 18.1. The summed E-state index contributed by atoms with van der Waals surface area (Å²) in [6, 6.07) is 5.26. The topological polar surface area (TPSA) is 70.2 Å². The summed E-state index contributed by atoms with van der Waals surface area (Å²) in [6.45, 7) is 2.27. The minimum Gasteiger partial charge on any atom is -0.352 e. The summed E-state index contributed by atoms with van der Waals surface area (Å²) in [5.74, 6) is -0.415. The quantitative estimate of drug-likeness (QED) is 0.707. The Bertz CT molecular complexity index is 556. The van der Waals surface area contributed by atoms with Crippen LogP contribution in [0.3, 0.4) is 0 Å². The number of carbonyl (C=O) groups is 2. The molecule has 138 valence electrons. The first-order chi connectivity index (χ1) is 12.1. The van der Waals surface area contributed by atoms with Crippen LogP contribution in [-0.4, -0.2) is 24.0 Å². The van der Waals surface area contributed by atoms with Crippen LogP contribution in [0.25, 0.3) is 0 Å². The zero-order valence-corrected chi connectivity index (χ0v) is 14.8. The van der Waals surface area contributed by atoms with Gasteiger partial charge in [0.25, 0.3) is 0 Å². The Hall–Kier alpha value is -2.11. The predicted octanol–water partition coefficient (Wildman–Crippen LogP) is 3.24. The van der Waals surface area contributed by atoms with Crippen LogP contribution >= 0.6 is 0 Å². The molecule has 0 radical (unpaired) electrons. The van der Waals surface area contributed by atoms with E-state index in [4.69, 9.17) is 0 Å². The van der Waals surface area contributed by atoms with Gasteiger partial charge in [0.1, 0.15) is 11.9 Å². The monoisotopic (exact) mass is 349 g/mol. The number of rotatable bonds is 7. The summed E-state index contributed by atoms with van der Waals surface area (Å²) in [7, 11) is 0. The van der Waals surface area contributed by atoms with Crippen molar-refractivity contribution in [2.45, 2.75) is 70.5 Å². The van der Waals surface area contributed by atoms with Crippen LogP contribution in [0, 0.1) is 5.82 Å². The number of urea groups is 1. The summed E-state index contributed by atoms with van der Waals surface area (Å²) < 4.78 is 12.9. The van der Waals surface area contributed by atoms with Gasteiger partial charge in [-0.3, -0.25) is 4.79 Å². The Morgan fingerprint density at radius 2 is 1.84 bits per heavy atom. The summed E-state index contributed by atoms with van der Waals surface area (Å²) in [6.07, 6.45) is 6.96.